The van der Waals surface area contributed by atoms with Crippen molar-refractivity contribution in [3.63, 3.8) is 0 Å². The Bertz CT molecular complexity index is 743. The van der Waals surface area contributed by atoms with Gasteiger partial charge in [0.15, 0.2) is 29.1 Å². The molecule has 0 spiro atoms. The summed E-state index contributed by atoms with van der Waals surface area (Å²) < 4.78 is 104. The summed E-state index contributed by atoms with van der Waals surface area (Å²) in [5.41, 5.74) is 0.951. The van der Waals surface area contributed by atoms with Gasteiger partial charge in [0.2, 0.25) is 5.03 Å². The molecule has 2 aromatic rings. The van der Waals surface area contributed by atoms with Crippen molar-refractivity contribution in [2.24, 2.45) is 0 Å². The molecule has 2 N–H and O–H groups in total. The second kappa shape index (κ2) is 5.60. The van der Waals surface area contributed by atoms with Gasteiger partial charge in [0, 0.05) is 11.2 Å². The molecule has 0 aliphatic heterocycles. The zero-order valence-electron chi connectivity index (χ0n) is 11.0. The highest BCUT2D eigenvalue weighted by Gasteiger charge is 2.43. The van der Waals surface area contributed by atoms with Gasteiger partial charge in [0.1, 0.15) is 17.5 Å². The van der Waals surface area contributed by atoms with E-state index in [-0.39, 0.29) is 4.68 Å². The van der Waals surface area contributed by atoms with Gasteiger partial charge in [-0.25, -0.2) is 17.6 Å². The van der Waals surface area contributed by atoms with Crippen LogP contribution in [0, 0.1) is 23.3 Å². The molecule has 1 unspecified atom stereocenters. The Morgan fingerprint density at radius 1 is 1.09 bits per heavy atom. The number of anilines is 1. The van der Waals surface area contributed by atoms with Gasteiger partial charge in [-0.3, -0.25) is 0 Å². The van der Waals surface area contributed by atoms with Gasteiger partial charge < -0.3 is 10.3 Å². The minimum Gasteiger partial charge on any atom is -0.610 e. The second-order valence-electron chi connectivity index (χ2n) is 4.25. The molecule has 0 saturated carbocycles. The molecule has 2 rings (SSSR count). The monoisotopic (exact) mass is 361 g/mol. The van der Waals surface area contributed by atoms with Crippen molar-refractivity contribution in [1.82, 2.24) is 9.78 Å². The van der Waals surface area contributed by atoms with Crippen LogP contribution in [0.5, 0.6) is 0 Å². The van der Waals surface area contributed by atoms with E-state index in [1.807, 2.05) is 0 Å². The lowest BCUT2D eigenvalue weighted by Crippen LogP contribution is -2.19. The SMILES string of the molecule is C[S+]([O-])c1cc(N)nn1-c1c(F)c(F)c(C(F)(F)F)c(F)c1F. The first-order valence-corrected chi connectivity index (χ1v) is 7.15. The molecule has 0 aliphatic carbocycles. The van der Waals surface area contributed by atoms with Gasteiger partial charge >= 0.3 is 6.18 Å². The van der Waals surface area contributed by atoms with Crippen LogP contribution in [0.3, 0.4) is 0 Å². The minimum absolute atomic E-state index is 0.155. The van der Waals surface area contributed by atoms with Crippen LogP contribution in [0.4, 0.5) is 36.6 Å². The van der Waals surface area contributed by atoms with Crippen LogP contribution < -0.4 is 5.73 Å². The van der Waals surface area contributed by atoms with Gasteiger partial charge in [-0.05, 0) is 0 Å². The summed E-state index contributed by atoms with van der Waals surface area (Å²) in [6, 6.07) is 0.891. The normalized spacial score (nSPS) is 13.4. The second-order valence-corrected chi connectivity index (χ2v) is 5.58. The third-order valence-electron chi connectivity index (χ3n) is 2.73. The van der Waals surface area contributed by atoms with E-state index in [2.05, 4.69) is 5.10 Å². The van der Waals surface area contributed by atoms with E-state index in [1.165, 1.54) is 0 Å². The summed E-state index contributed by atoms with van der Waals surface area (Å²) in [6.45, 7) is 0. The summed E-state index contributed by atoms with van der Waals surface area (Å²) in [4.78, 5) is 0. The minimum atomic E-state index is -5.66. The Balaban J connectivity index is 2.86. The van der Waals surface area contributed by atoms with Crippen LogP contribution in [-0.4, -0.2) is 20.6 Å². The lowest BCUT2D eigenvalue weighted by Gasteiger charge is -2.15. The van der Waals surface area contributed by atoms with Gasteiger partial charge in [-0.1, -0.05) is 0 Å². The summed E-state index contributed by atoms with van der Waals surface area (Å²) in [7, 11) is 0. The molecule has 1 atom stereocenters. The molecule has 126 valence electrons. The smallest absolute Gasteiger partial charge is 0.422 e. The summed E-state index contributed by atoms with van der Waals surface area (Å²) in [5, 5.41) is 2.85. The van der Waals surface area contributed by atoms with E-state index < -0.39 is 62.7 Å². The summed E-state index contributed by atoms with van der Waals surface area (Å²) in [6.07, 6.45) is -4.62. The third kappa shape index (κ3) is 2.83. The number of hydrogen-bond donors (Lipinski definition) is 1. The molecule has 0 aliphatic rings. The first-order valence-electron chi connectivity index (χ1n) is 5.59. The fourth-order valence-electron chi connectivity index (χ4n) is 1.80. The molecule has 0 saturated heterocycles. The quantitative estimate of drug-likeness (QED) is 0.508. The van der Waals surface area contributed by atoms with Gasteiger partial charge in [-0.2, -0.15) is 17.9 Å². The number of alkyl halides is 3. The molecule has 1 heterocycles. The van der Waals surface area contributed by atoms with E-state index in [0.29, 0.717) is 0 Å². The van der Waals surface area contributed by atoms with Gasteiger partial charge in [0.05, 0.1) is 6.07 Å². The molecule has 0 fully saturated rings. The predicted octanol–water partition coefficient (Wildman–Crippen LogP) is 2.77. The molecule has 0 amide bonds. The van der Waals surface area contributed by atoms with Crippen molar-refractivity contribution in [3.8, 4) is 5.69 Å². The van der Waals surface area contributed by atoms with Crippen molar-refractivity contribution < 1.29 is 35.3 Å². The van der Waals surface area contributed by atoms with Crippen molar-refractivity contribution >= 4 is 17.0 Å². The number of nitrogens with two attached hydrogens (primary N) is 1. The van der Waals surface area contributed by atoms with Crippen molar-refractivity contribution in [3.05, 3.63) is 34.9 Å². The first kappa shape index (κ1) is 17.4. The van der Waals surface area contributed by atoms with Crippen LogP contribution in [0.1, 0.15) is 5.56 Å². The van der Waals surface area contributed by atoms with E-state index in [9.17, 15) is 35.3 Å². The van der Waals surface area contributed by atoms with E-state index >= 15 is 0 Å². The van der Waals surface area contributed by atoms with Crippen molar-refractivity contribution in [2.45, 2.75) is 11.2 Å². The molecule has 0 radical (unpaired) electrons. The highest BCUT2D eigenvalue weighted by Crippen LogP contribution is 2.38. The average Bonchev–Trinajstić information content (AvgIpc) is 2.77. The lowest BCUT2D eigenvalue weighted by atomic mass is 10.1. The fraction of sp³-hybridized carbons (Fsp3) is 0.182. The molecular formula is C11H6F7N3OS. The maximum Gasteiger partial charge on any atom is 0.422 e. The van der Waals surface area contributed by atoms with Crippen LogP contribution in [0.2, 0.25) is 0 Å². The van der Waals surface area contributed by atoms with Crippen LogP contribution >= 0.6 is 0 Å². The number of nitrogen functional groups attached to an aromatic ring is 1. The number of nitrogens with zero attached hydrogens (tertiary/aromatic N) is 2. The molecule has 1 aromatic heterocycles. The molecule has 1 aromatic carbocycles. The molecular weight excluding hydrogens is 355 g/mol. The highest BCUT2D eigenvalue weighted by atomic mass is 32.2. The molecule has 4 nitrogen and oxygen atoms in total. The number of hydrogen-bond acceptors (Lipinski definition) is 3. The van der Waals surface area contributed by atoms with Crippen LogP contribution in [0.25, 0.3) is 5.69 Å². The average molecular weight is 361 g/mol. The summed E-state index contributed by atoms with van der Waals surface area (Å²) in [5.74, 6) is -10.4. The van der Waals surface area contributed by atoms with Crippen LogP contribution in [-0.2, 0) is 17.4 Å². The largest absolute Gasteiger partial charge is 0.610 e. The standard InChI is InChI=1S/C11H6F7N3OS/c1-23(22)4-2-3(19)20-21(4)10-8(14)6(12)5(11(16,17)18)7(13)9(10)15/h2H,1H3,(H2,19,20). The zero-order valence-corrected chi connectivity index (χ0v) is 11.8. The molecule has 0 bridgehead atoms. The maximum atomic E-state index is 13.9. The van der Waals surface area contributed by atoms with Crippen LogP contribution in [0.15, 0.2) is 11.1 Å². The van der Waals surface area contributed by atoms with E-state index in [4.69, 9.17) is 5.73 Å². The number of halogens is 7. The maximum absolute atomic E-state index is 13.9. The fourth-order valence-corrected chi connectivity index (χ4v) is 2.46. The Morgan fingerprint density at radius 2 is 1.57 bits per heavy atom. The Morgan fingerprint density at radius 3 is 1.96 bits per heavy atom. The third-order valence-corrected chi connectivity index (χ3v) is 3.61. The zero-order chi connectivity index (χ0) is 17.7. The summed E-state index contributed by atoms with van der Waals surface area (Å²) >= 11 is -1.95. The topological polar surface area (TPSA) is 66.9 Å². The Labute approximate surface area is 126 Å². The lowest BCUT2D eigenvalue weighted by molar-refractivity contribution is -0.143. The predicted molar refractivity (Wildman–Crippen MR) is 65.1 cm³/mol. The number of rotatable bonds is 2. The Kier molecular flexibility index (Phi) is 4.24. The highest BCUT2D eigenvalue weighted by molar-refractivity contribution is 7.90. The first-order chi connectivity index (χ1) is 10.5. The van der Waals surface area contributed by atoms with E-state index in [1.54, 1.807) is 0 Å². The van der Waals surface area contributed by atoms with Crippen molar-refractivity contribution in [1.29, 1.82) is 0 Å². The number of aromatic nitrogens is 2. The van der Waals surface area contributed by atoms with E-state index in [0.717, 1.165) is 12.3 Å². The number of benzene rings is 1. The Hall–Kier alpha value is -1.95. The molecule has 23 heavy (non-hydrogen) atoms. The van der Waals surface area contributed by atoms with Crippen molar-refractivity contribution in [2.75, 3.05) is 12.0 Å². The molecule has 12 heteroatoms. The van der Waals surface area contributed by atoms with Gasteiger partial charge in [-0.15, -0.1) is 5.10 Å². The van der Waals surface area contributed by atoms with Gasteiger partial charge in [0.25, 0.3) is 0 Å².